The molecule has 0 aliphatic heterocycles. The molecule has 2 heteroatoms. The van der Waals surface area contributed by atoms with E-state index in [-0.39, 0.29) is 0 Å². The average Bonchev–Trinajstić information content (AvgIpc) is 2.14. The summed E-state index contributed by atoms with van der Waals surface area (Å²) in [7, 11) is -1.28. The molecule has 0 unspecified atom stereocenters. The highest BCUT2D eigenvalue weighted by molar-refractivity contribution is 6.77. The second-order valence-electron chi connectivity index (χ2n) is 4.73. The van der Waals surface area contributed by atoms with Crippen molar-refractivity contribution in [3.63, 3.8) is 0 Å². The predicted octanol–water partition coefficient (Wildman–Crippen LogP) is 3.24. The predicted molar refractivity (Wildman–Crippen MR) is 63.2 cm³/mol. The molecule has 1 nitrogen and oxygen atoms in total. The Labute approximate surface area is 87.2 Å². The Morgan fingerprint density at radius 1 is 1.21 bits per heavy atom. The minimum Gasteiger partial charge on any atom is -0.303 e. The third-order valence-electron chi connectivity index (χ3n) is 2.58. The van der Waals surface area contributed by atoms with Crippen molar-refractivity contribution in [3.05, 3.63) is 35.9 Å². The summed E-state index contributed by atoms with van der Waals surface area (Å²) in [6, 6.07) is 10.4. The van der Waals surface area contributed by atoms with Crippen LogP contribution in [0.2, 0.25) is 19.6 Å². The topological polar surface area (TPSA) is 17.1 Å². The van der Waals surface area contributed by atoms with Crippen LogP contribution < -0.4 is 0 Å². The first kappa shape index (κ1) is 11.2. The lowest BCUT2D eigenvalue weighted by molar-refractivity contribution is -0.107. The SMILES string of the molecule is C[Si](C)(C)[C@@H](CC=O)c1ccccc1. The lowest BCUT2D eigenvalue weighted by Crippen LogP contribution is -2.31. The van der Waals surface area contributed by atoms with E-state index in [0.29, 0.717) is 12.0 Å². The summed E-state index contributed by atoms with van der Waals surface area (Å²) in [5.74, 6) is 0. The van der Waals surface area contributed by atoms with Gasteiger partial charge in [-0.05, 0) is 11.1 Å². The standard InChI is InChI=1S/C12H18OSi/c1-14(2,3)12(9-10-13)11-7-5-4-6-8-11/h4-8,10,12H,9H2,1-3H3/t12-/m0/s1. The van der Waals surface area contributed by atoms with Crippen molar-refractivity contribution in [2.24, 2.45) is 0 Å². The van der Waals surface area contributed by atoms with Gasteiger partial charge in [0, 0.05) is 6.42 Å². The van der Waals surface area contributed by atoms with Gasteiger partial charge in [-0.3, -0.25) is 0 Å². The first-order chi connectivity index (χ1) is 6.55. The molecule has 0 heterocycles. The van der Waals surface area contributed by atoms with E-state index in [1.54, 1.807) is 0 Å². The highest BCUT2D eigenvalue weighted by atomic mass is 28.3. The Morgan fingerprint density at radius 3 is 2.21 bits per heavy atom. The van der Waals surface area contributed by atoms with Crippen molar-refractivity contribution in [1.82, 2.24) is 0 Å². The lowest BCUT2D eigenvalue weighted by Gasteiger charge is -2.27. The van der Waals surface area contributed by atoms with Crippen molar-refractivity contribution in [3.8, 4) is 0 Å². The molecular weight excluding hydrogens is 188 g/mol. The van der Waals surface area contributed by atoms with Gasteiger partial charge in [-0.25, -0.2) is 0 Å². The van der Waals surface area contributed by atoms with Crippen molar-refractivity contribution in [2.75, 3.05) is 0 Å². The zero-order valence-corrected chi connectivity index (χ0v) is 10.2. The number of rotatable bonds is 4. The van der Waals surface area contributed by atoms with Gasteiger partial charge in [-0.2, -0.15) is 0 Å². The van der Waals surface area contributed by atoms with Gasteiger partial charge in [-0.15, -0.1) is 0 Å². The van der Waals surface area contributed by atoms with Crippen LogP contribution in [-0.2, 0) is 4.79 Å². The van der Waals surface area contributed by atoms with E-state index >= 15 is 0 Å². The molecule has 0 radical (unpaired) electrons. The molecule has 76 valence electrons. The molecule has 0 bridgehead atoms. The Balaban J connectivity index is 2.95. The number of carbonyl (C=O) groups is 1. The van der Waals surface area contributed by atoms with E-state index < -0.39 is 8.07 Å². The van der Waals surface area contributed by atoms with E-state index in [4.69, 9.17) is 0 Å². The maximum Gasteiger partial charge on any atom is 0.120 e. The van der Waals surface area contributed by atoms with Gasteiger partial charge >= 0.3 is 0 Å². The molecule has 0 aromatic heterocycles. The van der Waals surface area contributed by atoms with Gasteiger partial charge in [0.15, 0.2) is 0 Å². The third kappa shape index (κ3) is 2.81. The van der Waals surface area contributed by atoms with Gasteiger partial charge in [0.2, 0.25) is 0 Å². The molecule has 0 fully saturated rings. The van der Waals surface area contributed by atoms with E-state index in [1.807, 2.05) is 18.2 Å². The van der Waals surface area contributed by atoms with Crippen molar-refractivity contribution < 1.29 is 4.79 Å². The van der Waals surface area contributed by atoms with Crippen molar-refractivity contribution >= 4 is 14.4 Å². The first-order valence-corrected chi connectivity index (χ1v) is 8.62. The third-order valence-corrected chi connectivity index (χ3v) is 5.24. The van der Waals surface area contributed by atoms with Gasteiger partial charge in [-0.1, -0.05) is 50.0 Å². The van der Waals surface area contributed by atoms with Crippen LogP contribution >= 0.6 is 0 Å². The summed E-state index contributed by atoms with van der Waals surface area (Å²) in [5.41, 5.74) is 1.78. The average molecular weight is 206 g/mol. The van der Waals surface area contributed by atoms with Gasteiger partial charge < -0.3 is 4.79 Å². The summed E-state index contributed by atoms with van der Waals surface area (Å²) in [4.78, 5) is 10.7. The molecule has 0 aliphatic carbocycles. The molecule has 0 aliphatic rings. The number of benzene rings is 1. The summed E-state index contributed by atoms with van der Waals surface area (Å²) < 4.78 is 0. The number of aldehydes is 1. The van der Waals surface area contributed by atoms with Crippen molar-refractivity contribution in [1.29, 1.82) is 0 Å². The molecule has 0 saturated heterocycles. The van der Waals surface area contributed by atoms with Crippen LogP contribution in [0.5, 0.6) is 0 Å². The Bertz CT molecular complexity index is 287. The Morgan fingerprint density at radius 2 is 1.79 bits per heavy atom. The maximum atomic E-state index is 10.7. The zero-order chi connectivity index (χ0) is 10.6. The summed E-state index contributed by atoms with van der Waals surface area (Å²) >= 11 is 0. The fourth-order valence-corrected chi connectivity index (χ4v) is 3.77. The van der Waals surface area contributed by atoms with Crippen LogP contribution in [0, 0.1) is 0 Å². The second-order valence-corrected chi connectivity index (χ2v) is 10.2. The normalized spacial score (nSPS) is 13.6. The monoisotopic (exact) mass is 206 g/mol. The van der Waals surface area contributed by atoms with Crippen molar-refractivity contribution in [2.45, 2.75) is 31.6 Å². The fraction of sp³-hybridized carbons (Fsp3) is 0.417. The summed E-state index contributed by atoms with van der Waals surface area (Å²) in [6.07, 6.45) is 1.72. The summed E-state index contributed by atoms with van der Waals surface area (Å²) in [6.45, 7) is 6.94. The molecule has 1 atom stereocenters. The Kier molecular flexibility index (Phi) is 3.64. The number of carbonyl (C=O) groups excluding carboxylic acids is 1. The van der Waals surface area contributed by atoms with E-state index in [9.17, 15) is 4.79 Å². The van der Waals surface area contributed by atoms with Crippen LogP contribution in [0.3, 0.4) is 0 Å². The Hall–Kier alpha value is -0.893. The maximum absolute atomic E-state index is 10.7. The van der Waals surface area contributed by atoms with Crippen LogP contribution in [0.25, 0.3) is 0 Å². The van der Waals surface area contributed by atoms with E-state index in [2.05, 4.69) is 31.8 Å². The molecule has 1 aromatic carbocycles. The van der Waals surface area contributed by atoms with Gasteiger partial charge in [0.05, 0.1) is 8.07 Å². The van der Waals surface area contributed by atoms with Crippen LogP contribution in [0.15, 0.2) is 30.3 Å². The van der Waals surface area contributed by atoms with Crippen LogP contribution in [0.1, 0.15) is 17.5 Å². The van der Waals surface area contributed by atoms with Gasteiger partial charge in [0.25, 0.3) is 0 Å². The number of hydrogen-bond donors (Lipinski definition) is 0. The first-order valence-electron chi connectivity index (χ1n) is 5.04. The minimum absolute atomic E-state index is 0.459. The molecule has 14 heavy (non-hydrogen) atoms. The highest BCUT2D eigenvalue weighted by Crippen LogP contribution is 2.28. The molecular formula is C12H18OSi. The lowest BCUT2D eigenvalue weighted by atomic mass is 10.1. The van der Waals surface area contributed by atoms with Crippen LogP contribution in [-0.4, -0.2) is 14.4 Å². The molecule has 0 N–H and O–H groups in total. The molecule has 0 saturated carbocycles. The van der Waals surface area contributed by atoms with Gasteiger partial charge in [0.1, 0.15) is 6.29 Å². The van der Waals surface area contributed by atoms with Crippen LogP contribution in [0.4, 0.5) is 0 Å². The fourth-order valence-electron chi connectivity index (χ4n) is 1.77. The molecule has 1 aromatic rings. The molecule has 0 amide bonds. The van der Waals surface area contributed by atoms with E-state index in [0.717, 1.165) is 6.29 Å². The second kappa shape index (κ2) is 4.56. The molecule has 1 rings (SSSR count). The highest BCUT2D eigenvalue weighted by Gasteiger charge is 2.27. The zero-order valence-electron chi connectivity index (χ0n) is 9.16. The van der Waals surface area contributed by atoms with E-state index in [1.165, 1.54) is 5.56 Å². The summed E-state index contributed by atoms with van der Waals surface area (Å²) in [5, 5.41) is 0. The smallest absolute Gasteiger partial charge is 0.120 e. The number of hydrogen-bond acceptors (Lipinski definition) is 1. The molecule has 0 spiro atoms. The minimum atomic E-state index is -1.28. The quantitative estimate of drug-likeness (QED) is 0.546. The largest absolute Gasteiger partial charge is 0.303 e.